The minimum Gasteiger partial charge on any atom is -0.438 e. The van der Waals surface area contributed by atoms with Gasteiger partial charge < -0.3 is 14.2 Å². The Morgan fingerprint density at radius 2 is 1.79 bits per heavy atom. The van der Waals surface area contributed by atoms with E-state index in [1.165, 1.54) is 12.1 Å². The van der Waals surface area contributed by atoms with Crippen LogP contribution in [0.5, 0.6) is 11.5 Å². The zero-order valence-corrected chi connectivity index (χ0v) is 22.6. The molecule has 0 saturated heterocycles. The molecule has 0 spiro atoms. The fraction of sp³-hybridized carbons (Fsp3) is 0.207. The summed E-state index contributed by atoms with van der Waals surface area (Å²) in [5, 5.41) is 1.34. The Bertz CT molecular complexity index is 1740. The van der Waals surface area contributed by atoms with Crippen LogP contribution < -0.4 is 14.2 Å². The molecule has 0 aromatic heterocycles. The van der Waals surface area contributed by atoms with Crippen LogP contribution in [0.4, 0.5) is 11.4 Å². The van der Waals surface area contributed by atoms with Crippen LogP contribution in [-0.4, -0.2) is 45.7 Å². The number of phosphoric acid groups is 1. The fourth-order valence-electron chi connectivity index (χ4n) is 5.60. The molecular formula is C29H26N2O7P+. The molecule has 198 valence electrons. The minimum absolute atomic E-state index is 0.0277. The Morgan fingerprint density at radius 3 is 2.49 bits per heavy atom. The average molecular weight is 546 g/mol. The molecule has 1 fully saturated rings. The summed E-state index contributed by atoms with van der Waals surface area (Å²) >= 11 is 0. The van der Waals surface area contributed by atoms with Crippen molar-refractivity contribution in [1.29, 1.82) is 0 Å². The van der Waals surface area contributed by atoms with E-state index in [1.54, 1.807) is 42.3 Å². The van der Waals surface area contributed by atoms with Crippen molar-refractivity contribution in [3.63, 3.8) is 0 Å². The SMILES string of the molecule is CN1/C(=C/C2C(=O)C(=CC3=[N+](C)c4ccccc4C3(C)C)C2=O)Oc2c1ccc1cc(OP(=O)(O)O)ccc21. The Kier molecular flexibility index (Phi) is 5.49. The summed E-state index contributed by atoms with van der Waals surface area (Å²) in [5.74, 6) is -0.538. The quantitative estimate of drug-likeness (QED) is 0.163. The van der Waals surface area contributed by atoms with Crippen LogP contribution in [0.3, 0.4) is 0 Å². The molecule has 0 amide bonds. The summed E-state index contributed by atoms with van der Waals surface area (Å²) < 4.78 is 24.0. The molecule has 39 heavy (non-hydrogen) atoms. The molecule has 0 unspecified atom stereocenters. The highest BCUT2D eigenvalue weighted by Crippen LogP contribution is 2.46. The van der Waals surface area contributed by atoms with Crippen LogP contribution in [0.25, 0.3) is 10.8 Å². The lowest BCUT2D eigenvalue weighted by molar-refractivity contribution is -0.401. The number of allylic oxidation sites excluding steroid dienone is 3. The maximum absolute atomic E-state index is 13.2. The van der Waals surface area contributed by atoms with Gasteiger partial charge in [-0.15, -0.1) is 0 Å². The maximum Gasteiger partial charge on any atom is 0.524 e. The van der Waals surface area contributed by atoms with Gasteiger partial charge in [0.05, 0.1) is 16.7 Å². The number of rotatable bonds is 4. The van der Waals surface area contributed by atoms with Gasteiger partial charge in [-0.3, -0.25) is 19.4 Å². The number of nitrogens with zero attached hydrogens (tertiary/aromatic N) is 2. The number of carbonyl (C=O) groups is 2. The summed E-state index contributed by atoms with van der Waals surface area (Å²) in [4.78, 5) is 46.3. The number of carbonyl (C=O) groups excluding carboxylic acids is 2. The van der Waals surface area contributed by atoms with Gasteiger partial charge in [-0.2, -0.15) is 4.58 Å². The highest BCUT2D eigenvalue weighted by Gasteiger charge is 2.48. The molecule has 1 saturated carbocycles. The molecule has 2 heterocycles. The van der Waals surface area contributed by atoms with Crippen LogP contribution in [0.15, 0.2) is 78.2 Å². The van der Waals surface area contributed by atoms with E-state index in [2.05, 4.69) is 24.4 Å². The number of hydrogen-bond donors (Lipinski definition) is 2. The van der Waals surface area contributed by atoms with E-state index in [-0.39, 0.29) is 28.3 Å². The van der Waals surface area contributed by atoms with E-state index in [0.29, 0.717) is 22.4 Å². The van der Waals surface area contributed by atoms with Crippen molar-refractivity contribution in [2.75, 3.05) is 19.0 Å². The summed E-state index contributed by atoms with van der Waals surface area (Å²) in [6.07, 6.45) is 3.26. The highest BCUT2D eigenvalue weighted by atomic mass is 31.2. The molecule has 2 N–H and O–H groups in total. The monoisotopic (exact) mass is 545 g/mol. The normalized spacial score (nSPS) is 20.8. The number of ether oxygens (including phenoxy) is 1. The number of phosphoric ester groups is 1. The second-order valence-corrected chi connectivity index (χ2v) is 11.6. The number of benzene rings is 3. The van der Waals surface area contributed by atoms with Gasteiger partial charge >= 0.3 is 7.82 Å². The Morgan fingerprint density at radius 1 is 1.08 bits per heavy atom. The van der Waals surface area contributed by atoms with Gasteiger partial charge in [0.2, 0.25) is 5.69 Å². The summed E-state index contributed by atoms with van der Waals surface area (Å²) in [6.45, 7) is 4.16. The van der Waals surface area contributed by atoms with Gasteiger partial charge in [0.15, 0.2) is 28.9 Å². The molecule has 0 bridgehead atoms. The van der Waals surface area contributed by atoms with Gasteiger partial charge in [-0.25, -0.2) is 4.57 Å². The first-order chi connectivity index (χ1) is 18.4. The van der Waals surface area contributed by atoms with Gasteiger partial charge in [0, 0.05) is 30.1 Å². The van der Waals surface area contributed by atoms with Gasteiger partial charge in [0.25, 0.3) is 0 Å². The second-order valence-electron chi connectivity index (χ2n) is 10.4. The third kappa shape index (κ3) is 3.93. The van der Waals surface area contributed by atoms with E-state index in [9.17, 15) is 14.2 Å². The molecular weight excluding hydrogens is 519 g/mol. The van der Waals surface area contributed by atoms with E-state index in [1.807, 2.05) is 29.8 Å². The van der Waals surface area contributed by atoms with Gasteiger partial charge in [-0.1, -0.05) is 24.3 Å². The van der Waals surface area contributed by atoms with Crippen LogP contribution in [0, 0.1) is 5.92 Å². The van der Waals surface area contributed by atoms with Crippen molar-refractivity contribution in [2.24, 2.45) is 5.92 Å². The standard InChI is InChI=1S/C29H25N2O7P/c1-29(2)21-7-5-6-8-22(21)30(3)24(29)14-19-26(32)20(27(19)33)15-25-31(4)23-12-9-16-13-17(38-39(34,35)36)10-11-18(16)28(23)37-25/h5-15,20H,1-4H3,(H-,34,35,36)/p+1/b19-14?,25-15-. The van der Waals surface area contributed by atoms with Crippen LogP contribution in [0.1, 0.15) is 19.4 Å². The summed E-state index contributed by atoms with van der Waals surface area (Å²) in [5.41, 5.74) is 3.65. The molecule has 9 nitrogen and oxygen atoms in total. The molecule has 3 aromatic rings. The smallest absolute Gasteiger partial charge is 0.438 e. The first-order valence-corrected chi connectivity index (χ1v) is 13.9. The molecule has 1 aliphatic carbocycles. The number of para-hydroxylation sites is 1. The van der Waals surface area contributed by atoms with Gasteiger partial charge in [0.1, 0.15) is 18.7 Å². The van der Waals surface area contributed by atoms with E-state index < -0.39 is 13.7 Å². The predicted octanol–water partition coefficient (Wildman–Crippen LogP) is 4.38. The van der Waals surface area contributed by atoms with E-state index >= 15 is 0 Å². The van der Waals surface area contributed by atoms with E-state index in [4.69, 9.17) is 14.5 Å². The number of anilines is 1. The van der Waals surface area contributed by atoms with Gasteiger partial charge in [-0.05, 0) is 49.6 Å². The topological polar surface area (TPSA) is 116 Å². The first-order valence-electron chi connectivity index (χ1n) is 12.3. The lowest BCUT2D eigenvalue weighted by atomic mass is 9.73. The number of Topliss-reactive ketones (excluding diaryl/α,β-unsaturated/α-hetero) is 2. The lowest BCUT2D eigenvalue weighted by Gasteiger charge is -2.25. The first kappa shape index (κ1) is 25.2. The molecule has 3 aromatic carbocycles. The minimum atomic E-state index is -4.69. The number of ketones is 2. The molecule has 10 heteroatoms. The third-order valence-electron chi connectivity index (χ3n) is 7.67. The van der Waals surface area contributed by atoms with Crippen LogP contribution >= 0.6 is 7.82 Å². The summed E-state index contributed by atoms with van der Waals surface area (Å²) in [6, 6.07) is 16.2. The fourth-order valence-corrected chi connectivity index (χ4v) is 5.99. The van der Waals surface area contributed by atoms with Crippen molar-refractivity contribution in [3.05, 3.63) is 83.8 Å². The van der Waals surface area contributed by atoms with Crippen molar-refractivity contribution >= 4 is 47.2 Å². The second kappa shape index (κ2) is 8.48. The molecule has 2 aliphatic heterocycles. The lowest BCUT2D eigenvalue weighted by Crippen LogP contribution is -2.42. The predicted molar refractivity (Wildman–Crippen MR) is 146 cm³/mol. The number of fused-ring (bicyclic) bond motifs is 4. The molecule has 3 aliphatic rings. The Labute approximate surface area is 224 Å². The van der Waals surface area contributed by atoms with Crippen LogP contribution in [-0.2, 0) is 19.6 Å². The van der Waals surface area contributed by atoms with E-state index in [0.717, 1.165) is 22.6 Å². The Balaban J connectivity index is 1.27. The zero-order valence-electron chi connectivity index (χ0n) is 21.7. The van der Waals surface area contributed by atoms with Crippen molar-refractivity contribution in [3.8, 4) is 11.5 Å². The molecule has 0 radical (unpaired) electrons. The average Bonchev–Trinajstić information content (AvgIpc) is 3.30. The largest absolute Gasteiger partial charge is 0.524 e. The van der Waals surface area contributed by atoms with Crippen LogP contribution in [0.2, 0.25) is 0 Å². The summed E-state index contributed by atoms with van der Waals surface area (Å²) in [7, 11) is -0.967. The highest BCUT2D eigenvalue weighted by molar-refractivity contribution is 7.46. The zero-order chi connectivity index (χ0) is 27.9. The maximum atomic E-state index is 13.2. The molecule has 6 rings (SSSR count). The molecule has 0 atom stereocenters. The third-order valence-corrected chi connectivity index (χ3v) is 8.12. The van der Waals surface area contributed by atoms with Crippen molar-refractivity contribution in [2.45, 2.75) is 19.3 Å². The van der Waals surface area contributed by atoms with Crippen molar-refractivity contribution < 1.29 is 37.8 Å². The Hall–Kier alpha value is -4.04. The van der Waals surface area contributed by atoms with Crippen molar-refractivity contribution in [1.82, 2.24) is 0 Å². The number of hydrogen-bond acceptors (Lipinski definition) is 6.